The summed E-state index contributed by atoms with van der Waals surface area (Å²) >= 11 is 11.9. The zero-order valence-corrected chi connectivity index (χ0v) is 16.3. The van der Waals surface area contributed by atoms with Crippen LogP contribution in [0.25, 0.3) is 22.7 Å². The predicted octanol–water partition coefficient (Wildman–Crippen LogP) is 6.71. The third-order valence-electron chi connectivity index (χ3n) is 4.21. The molecule has 0 aliphatic heterocycles. The number of amides is 1. The van der Waals surface area contributed by atoms with Gasteiger partial charge in [-0.15, -0.1) is 0 Å². The van der Waals surface area contributed by atoms with Gasteiger partial charge in [0.2, 0.25) is 5.89 Å². The maximum absolute atomic E-state index is 13.1. The van der Waals surface area contributed by atoms with Crippen molar-refractivity contribution in [1.82, 2.24) is 4.98 Å². The number of nitrogens with one attached hydrogen (secondary N) is 1. The second-order valence-electron chi connectivity index (χ2n) is 6.20. The van der Waals surface area contributed by atoms with Gasteiger partial charge >= 0.3 is 0 Å². The molecule has 0 radical (unpaired) electrons. The maximum atomic E-state index is 13.1. The molecule has 29 heavy (non-hydrogen) atoms. The Morgan fingerprint density at radius 2 is 1.62 bits per heavy atom. The zero-order chi connectivity index (χ0) is 20.4. The van der Waals surface area contributed by atoms with Gasteiger partial charge in [0.15, 0.2) is 0 Å². The van der Waals surface area contributed by atoms with E-state index in [0.29, 0.717) is 27.9 Å². The Morgan fingerprint density at radius 3 is 2.31 bits per heavy atom. The number of hydrogen-bond donors (Lipinski definition) is 1. The standard InChI is InChI=1S/C22H13Cl2FN2O2/c23-15-5-10-18(19(24)11-15)21(28)26-17-8-3-14(4-9-17)22-27-20(12-29-22)13-1-6-16(25)7-2-13/h1-12H,(H,26,28). The summed E-state index contributed by atoms with van der Waals surface area (Å²) < 4.78 is 18.6. The van der Waals surface area contributed by atoms with Crippen molar-refractivity contribution in [1.29, 1.82) is 0 Å². The van der Waals surface area contributed by atoms with E-state index in [2.05, 4.69) is 10.3 Å². The molecule has 0 aliphatic rings. The summed E-state index contributed by atoms with van der Waals surface area (Å²) in [5.74, 6) is -0.230. The number of halogens is 3. The average Bonchev–Trinajstić information content (AvgIpc) is 3.19. The van der Waals surface area contributed by atoms with Crippen LogP contribution in [0.2, 0.25) is 10.0 Å². The van der Waals surface area contributed by atoms with E-state index in [-0.39, 0.29) is 16.7 Å². The first kappa shape index (κ1) is 19.2. The van der Waals surface area contributed by atoms with Crippen molar-refractivity contribution < 1.29 is 13.6 Å². The van der Waals surface area contributed by atoms with Gasteiger partial charge in [-0.25, -0.2) is 9.37 Å². The molecule has 144 valence electrons. The lowest BCUT2D eigenvalue weighted by atomic mass is 10.1. The van der Waals surface area contributed by atoms with Crippen LogP contribution in [-0.4, -0.2) is 10.9 Å². The Balaban J connectivity index is 1.49. The van der Waals surface area contributed by atoms with Crippen LogP contribution in [0.4, 0.5) is 10.1 Å². The van der Waals surface area contributed by atoms with Crippen LogP contribution in [0.1, 0.15) is 10.4 Å². The number of hydrogen-bond acceptors (Lipinski definition) is 3. The van der Waals surface area contributed by atoms with E-state index in [0.717, 1.165) is 11.1 Å². The molecule has 0 unspecified atom stereocenters. The quantitative estimate of drug-likeness (QED) is 0.394. The van der Waals surface area contributed by atoms with Crippen LogP contribution < -0.4 is 5.32 Å². The van der Waals surface area contributed by atoms with E-state index in [1.54, 1.807) is 48.5 Å². The molecule has 0 spiro atoms. The number of anilines is 1. The molecule has 1 amide bonds. The Kier molecular flexibility index (Phi) is 5.34. The molecule has 4 aromatic rings. The van der Waals surface area contributed by atoms with Crippen molar-refractivity contribution in [3.8, 4) is 22.7 Å². The van der Waals surface area contributed by atoms with E-state index in [9.17, 15) is 9.18 Å². The lowest BCUT2D eigenvalue weighted by molar-refractivity contribution is 0.102. The van der Waals surface area contributed by atoms with E-state index in [4.69, 9.17) is 27.6 Å². The van der Waals surface area contributed by atoms with Gasteiger partial charge in [0.25, 0.3) is 5.91 Å². The maximum Gasteiger partial charge on any atom is 0.257 e. The third-order valence-corrected chi connectivity index (χ3v) is 4.76. The molecule has 0 atom stereocenters. The first-order chi connectivity index (χ1) is 14.0. The number of carbonyl (C=O) groups is 1. The van der Waals surface area contributed by atoms with Crippen molar-refractivity contribution >= 4 is 34.8 Å². The molecule has 0 bridgehead atoms. The monoisotopic (exact) mass is 426 g/mol. The van der Waals surface area contributed by atoms with Gasteiger partial charge in [0.1, 0.15) is 17.8 Å². The van der Waals surface area contributed by atoms with E-state index >= 15 is 0 Å². The first-order valence-corrected chi connectivity index (χ1v) is 9.33. The second-order valence-corrected chi connectivity index (χ2v) is 7.04. The minimum Gasteiger partial charge on any atom is -0.444 e. The van der Waals surface area contributed by atoms with Gasteiger partial charge in [-0.2, -0.15) is 0 Å². The molecule has 1 heterocycles. The van der Waals surface area contributed by atoms with Crippen LogP contribution in [0.3, 0.4) is 0 Å². The molecule has 0 saturated heterocycles. The Bertz CT molecular complexity index is 1170. The Hall–Kier alpha value is -3.15. The van der Waals surface area contributed by atoms with E-state index in [1.807, 2.05) is 0 Å². The molecule has 1 N–H and O–H groups in total. The highest BCUT2D eigenvalue weighted by Crippen LogP contribution is 2.26. The average molecular weight is 427 g/mol. The number of oxazole rings is 1. The summed E-state index contributed by atoms with van der Waals surface area (Å²) in [6.45, 7) is 0. The van der Waals surface area contributed by atoms with Crippen molar-refractivity contribution in [3.63, 3.8) is 0 Å². The summed E-state index contributed by atoms with van der Waals surface area (Å²) in [6, 6.07) is 17.7. The number of carbonyl (C=O) groups excluding carboxylic acids is 1. The summed E-state index contributed by atoms with van der Waals surface area (Å²) in [4.78, 5) is 16.8. The zero-order valence-electron chi connectivity index (χ0n) is 14.8. The fourth-order valence-electron chi connectivity index (χ4n) is 2.73. The van der Waals surface area contributed by atoms with Gasteiger partial charge in [0, 0.05) is 21.8 Å². The predicted molar refractivity (Wildman–Crippen MR) is 112 cm³/mol. The van der Waals surface area contributed by atoms with E-state index < -0.39 is 0 Å². The molecule has 0 aliphatic carbocycles. The summed E-state index contributed by atoms with van der Waals surface area (Å²) in [7, 11) is 0. The van der Waals surface area contributed by atoms with Gasteiger partial charge in [-0.05, 0) is 66.7 Å². The van der Waals surface area contributed by atoms with Crippen LogP contribution >= 0.6 is 23.2 Å². The summed E-state index contributed by atoms with van der Waals surface area (Å²) in [6.07, 6.45) is 1.51. The molecular weight excluding hydrogens is 414 g/mol. The highest BCUT2D eigenvalue weighted by atomic mass is 35.5. The molecule has 4 rings (SSSR count). The van der Waals surface area contributed by atoms with Gasteiger partial charge in [-0.3, -0.25) is 4.79 Å². The third kappa shape index (κ3) is 4.31. The second kappa shape index (κ2) is 8.07. The molecule has 3 aromatic carbocycles. The largest absolute Gasteiger partial charge is 0.444 e. The van der Waals surface area contributed by atoms with Crippen LogP contribution in [0.15, 0.2) is 77.4 Å². The van der Waals surface area contributed by atoms with Gasteiger partial charge in [-0.1, -0.05) is 23.2 Å². The fourth-order valence-corrected chi connectivity index (χ4v) is 3.22. The first-order valence-electron chi connectivity index (χ1n) is 8.58. The molecule has 1 aromatic heterocycles. The topological polar surface area (TPSA) is 55.1 Å². The molecule has 4 nitrogen and oxygen atoms in total. The Labute approximate surface area is 175 Å². The number of nitrogens with zero attached hydrogens (tertiary/aromatic N) is 1. The van der Waals surface area contributed by atoms with Gasteiger partial charge in [0.05, 0.1) is 10.6 Å². The van der Waals surface area contributed by atoms with Crippen LogP contribution in [-0.2, 0) is 0 Å². The smallest absolute Gasteiger partial charge is 0.257 e. The molecule has 0 fully saturated rings. The normalized spacial score (nSPS) is 10.7. The Morgan fingerprint density at radius 1 is 0.931 bits per heavy atom. The lowest BCUT2D eigenvalue weighted by Crippen LogP contribution is -2.12. The van der Waals surface area contributed by atoms with Gasteiger partial charge < -0.3 is 9.73 Å². The summed E-state index contributed by atoms with van der Waals surface area (Å²) in [5, 5.41) is 3.52. The highest BCUT2D eigenvalue weighted by Gasteiger charge is 2.12. The van der Waals surface area contributed by atoms with Crippen LogP contribution in [0.5, 0.6) is 0 Å². The summed E-state index contributed by atoms with van der Waals surface area (Å²) in [5.41, 5.74) is 3.02. The van der Waals surface area contributed by atoms with Crippen molar-refractivity contribution in [2.75, 3.05) is 5.32 Å². The minimum atomic E-state index is -0.339. The van der Waals surface area contributed by atoms with Crippen molar-refractivity contribution in [3.05, 3.63) is 94.4 Å². The van der Waals surface area contributed by atoms with E-state index in [1.165, 1.54) is 24.5 Å². The van der Waals surface area contributed by atoms with Crippen LogP contribution in [0, 0.1) is 5.82 Å². The molecule has 0 saturated carbocycles. The fraction of sp³-hybridized carbons (Fsp3) is 0. The highest BCUT2D eigenvalue weighted by molar-refractivity contribution is 6.37. The molecular formula is C22H13Cl2FN2O2. The number of rotatable bonds is 4. The van der Waals surface area contributed by atoms with Crippen molar-refractivity contribution in [2.24, 2.45) is 0 Å². The minimum absolute atomic E-state index is 0.278. The SMILES string of the molecule is O=C(Nc1ccc(-c2nc(-c3ccc(F)cc3)co2)cc1)c1ccc(Cl)cc1Cl. The van der Waals surface area contributed by atoms with Crippen molar-refractivity contribution in [2.45, 2.75) is 0 Å². The number of benzene rings is 3. The number of aromatic nitrogens is 1. The lowest BCUT2D eigenvalue weighted by Gasteiger charge is -2.07. The molecule has 7 heteroatoms.